The summed E-state index contributed by atoms with van der Waals surface area (Å²) in [5.74, 6) is 0.192. The Morgan fingerprint density at radius 1 is 1.17 bits per heavy atom. The zero-order chi connectivity index (χ0) is 20.8. The lowest BCUT2D eigenvalue weighted by molar-refractivity contribution is 0.179. The Kier molecular flexibility index (Phi) is 4.40. The molecule has 0 saturated carbocycles. The number of nitrogen functional groups attached to an aromatic ring is 1. The Labute approximate surface area is 176 Å². The number of aromatic nitrogens is 2. The number of aliphatic imine (C=N–C) groups is 1. The first-order chi connectivity index (χ1) is 14.5. The van der Waals surface area contributed by atoms with E-state index in [4.69, 9.17) is 22.1 Å². The summed E-state index contributed by atoms with van der Waals surface area (Å²) in [6.45, 7) is 0.199. The fourth-order valence-corrected chi connectivity index (χ4v) is 3.99. The van der Waals surface area contributed by atoms with Crippen LogP contribution in [-0.4, -0.2) is 15.8 Å². The minimum Gasteiger partial charge on any atom is -0.489 e. The van der Waals surface area contributed by atoms with E-state index < -0.39 is 5.82 Å². The van der Waals surface area contributed by atoms with Gasteiger partial charge in [0.15, 0.2) is 0 Å². The minimum absolute atomic E-state index is 0.0845. The van der Waals surface area contributed by atoms with Crippen molar-refractivity contribution in [1.29, 1.82) is 0 Å². The Morgan fingerprint density at radius 2 is 2.03 bits per heavy atom. The van der Waals surface area contributed by atoms with E-state index in [1.807, 2.05) is 6.21 Å². The largest absolute Gasteiger partial charge is 0.489 e. The van der Waals surface area contributed by atoms with Gasteiger partial charge in [0, 0.05) is 30.0 Å². The highest BCUT2D eigenvalue weighted by atomic mass is 35.5. The van der Waals surface area contributed by atoms with E-state index in [9.17, 15) is 9.18 Å². The molecule has 2 aliphatic rings. The molecule has 0 amide bonds. The number of nitrogens with zero attached hydrogens (tertiary/aromatic N) is 3. The molecule has 0 spiro atoms. The number of halogens is 2. The van der Waals surface area contributed by atoms with Gasteiger partial charge in [0.25, 0.3) is 5.56 Å². The van der Waals surface area contributed by atoms with Gasteiger partial charge in [0.1, 0.15) is 23.9 Å². The van der Waals surface area contributed by atoms with Crippen molar-refractivity contribution < 1.29 is 9.13 Å². The first kappa shape index (κ1) is 18.6. The molecule has 0 radical (unpaired) electrons. The van der Waals surface area contributed by atoms with Gasteiger partial charge in [-0.1, -0.05) is 23.7 Å². The second-order valence-electron chi connectivity index (χ2n) is 7.03. The molecule has 150 valence electrons. The summed E-state index contributed by atoms with van der Waals surface area (Å²) in [5.41, 5.74) is 8.62. The lowest BCUT2D eigenvalue weighted by Gasteiger charge is -2.27. The van der Waals surface area contributed by atoms with E-state index in [0.717, 1.165) is 24.2 Å². The average molecular weight is 423 g/mol. The van der Waals surface area contributed by atoms with Crippen molar-refractivity contribution in [2.45, 2.75) is 19.4 Å². The Morgan fingerprint density at radius 3 is 2.87 bits per heavy atom. The summed E-state index contributed by atoms with van der Waals surface area (Å²) in [6, 6.07) is 7.77. The van der Waals surface area contributed by atoms with Crippen molar-refractivity contribution in [1.82, 2.24) is 9.55 Å². The first-order valence-corrected chi connectivity index (χ1v) is 9.75. The fourth-order valence-electron chi connectivity index (χ4n) is 3.82. The molecular weight excluding hydrogens is 407 g/mol. The number of hydrogen-bond donors (Lipinski definition) is 1. The van der Waals surface area contributed by atoms with Gasteiger partial charge in [-0.2, -0.15) is 0 Å². The lowest BCUT2D eigenvalue weighted by atomic mass is 9.97. The van der Waals surface area contributed by atoms with Crippen LogP contribution in [0.15, 0.2) is 58.3 Å². The summed E-state index contributed by atoms with van der Waals surface area (Å²) in [4.78, 5) is 22.2. The molecule has 0 bridgehead atoms. The van der Waals surface area contributed by atoms with Crippen LogP contribution in [0.3, 0.4) is 0 Å². The third-order valence-electron chi connectivity index (χ3n) is 5.22. The van der Waals surface area contributed by atoms with Crippen LogP contribution in [0, 0.1) is 5.82 Å². The maximum Gasteiger partial charge on any atom is 0.263 e. The third-order valence-corrected chi connectivity index (χ3v) is 5.42. The zero-order valence-electron chi connectivity index (χ0n) is 15.7. The summed E-state index contributed by atoms with van der Waals surface area (Å²) in [7, 11) is 0. The van der Waals surface area contributed by atoms with Crippen molar-refractivity contribution in [2.24, 2.45) is 4.99 Å². The van der Waals surface area contributed by atoms with Gasteiger partial charge in [-0.25, -0.2) is 4.39 Å². The zero-order valence-corrected chi connectivity index (χ0v) is 16.5. The maximum absolute atomic E-state index is 14.2. The molecule has 8 heteroatoms. The number of pyridine rings is 2. The number of benzene rings is 1. The van der Waals surface area contributed by atoms with Crippen molar-refractivity contribution in [3.05, 3.63) is 80.9 Å². The number of rotatable bonds is 2. The predicted octanol–water partition coefficient (Wildman–Crippen LogP) is 4.34. The maximum atomic E-state index is 14.2. The second kappa shape index (κ2) is 7.11. The van der Waals surface area contributed by atoms with Crippen LogP contribution in [0.5, 0.6) is 0 Å². The minimum atomic E-state index is -0.584. The van der Waals surface area contributed by atoms with E-state index in [1.54, 1.807) is 24.4 Å². The number of anilines is 1. The van der Waals surface area contributed by atoms with Gasteiger partial charge >= 0.3 is 0 Å². The third kappa shape index (κ3) is 2.90. The SMILES string of the molecule is Nc1c(F)cccc1-c1cc2c(n(-c3cncc(Cl)c3)c1=O)COC1=C2N=CCC1. The quantitative estimate of drug-likeness (QED) is 0.623. The van der Waals surface area contributed by atoms with Gasteiger partial charge in [0.05, 0.1) is 33.9 Å². The van der Waals surface area contributed by atoms with E-state index in [0.29, 0.717) is 27.7 Å². The van der Waals surface area contributed by atoms with E-state index in [2.05, 4.69) is 9.98 Å². The van der Waals surface area contributed by atoms with Crippen LogP contribution < -0.4 is 11.3 Å². The summed E-state index contributed by atoms with van der Waals surface area (Å²) < 4.78 is 21.6. The number of fused-ring (bicyclic) bond motifs is 2. The molecular formula is C22H16ClFN4O2. The first-order valence-electron chi connectivity index (χ1n) is 9.37. The van der Waals surface area contributed by atoms with E-state index in [1.165, 1.54) is 22.9 Å². The number of nitrogens with two attached hydrogens (primary N) is 1. The van der Waals surface area contributed by atoms with Crippen molar-refractivity contribution >= 4 is 29.2 Å². The summed E-state index contributed by atoms with van der Waals surface area (Å²) in [5, 5.41) is 0.385. The monoisotopic (exact) mass is 422 g/mol. The second-order valence-corrected chi connectivity index (χ2v) is 7.47. The molecule has 2 N–H and O–H groups in total. The molecule has 2 aromatic heterocycles. The van der Waals surface area contributed by atoms with Gasteiger partial charge in [-0.05, 0) is 24.6 Å². The van der Waals surface area contributed by atoms with Crippen LogP contribution in [0.4, 0.5) is 10.1 Å². The van der Waals surface area contributed by atoms with Gasteiger partial charge in [-0.15, -0.1) is 0 Å². The molecule has 30 heavy (non-hydrogen) atoms. The van der Waals surface area contributed by atoms with Crippen molar-refractivity contribution in [3.63, 3.8) is 0 Å². The number of para-hydroxylation sites is 1. The highest BCUT2D eigenvalue weighted by Gasteiger charge is 2.28. The standard InChI is InChI=1S/C22H16ClFN4O2/c23-12-7-13(10-26-9-12)28-18-11-30-19-5-2-6-27-21(19)16(18)8-15(22(28)29)14-3-1-4-17(24)20(14)25/h1,3-4,6-10H,2,5,11,25H2. The van der Waals surface area contributed by atoms with Crippen LogP contribution in [0.1, 0.15) is 24.1 Å². The highest BCUT2D eigenvalue weighted by molar-refractivity contribution is 6.30. The molecule has 5 rings (SSSR count). The molecule has 0 atom stereocenters. The highest BCUT2D eigenvalue weighted by Crippen LogP contribution is 2.37. The number of allylic oxidation sites excluding steroid dienone is 1. The Bertz CT molecular complexity index is 1310. The molecule has 6 nitrogen and oxygen atoms in total. The topological polar surface area (TPSA) is 82.5 Å². The van der Waals surface area contributed by atoms with Gasteiger partial charge in [-0.3, -0.25) is 19.3 Å². The van der Waals surface area contributed by atoms with Crippen LogP contribution in [-0.2, 0) is 11.3 Å². The van der Waals surface area contributed by atoms with Crippen LogP contribution >= 0.6 is 11.6 Å². The molecule has 4 heterocycles. The summed E-state index contributed by atoms with van der Waals surface area (Å²) >= 11 is 6.13. The molecule has 0 aliphatic carbocycles. The molecule has 0 fully saturated rings. The molecule has 2 aliphatic heterocycles. The molecule has 3 aromatic rings. The van der Waals surface area contributed by atoms with E-state index >= 15 is 0 Å². The van der Waals surface area contributed by atoms with Gasteiger partial charge in [0.2, 0.25) is 0 Å². The Balaban J connectivity index is 1.87. The molecule has 0 unspecified atom stereocenters. The van der Waals surface area contributed by atoms with E-state index in [-0.39, 0.29) is 23.4 Å². The average Bonchev–Trinajstić information content (AvgIpc) is 2.75. The van der Waals surface area contributed by atoms with Crippen LogP contribution in [0.25, 0.3) is 22.5 Å². The molecule has 0 saturated heterocycles. The molecule has 1 aromatic carbocycles. The Hall–Kier alpha value is -3.45. The van der Waals surface area contributed by atoms with Crippen LogP contribution in [0.2, 0.25) is 5.02 Å². The smallest absolute Gasteiger partial charge is 0.263 e. The fraction of sp³-hybridized carbons (Fsp3) is 0.136. The van der Waals surface area contributed by atoms with Gasteiger partial charge < -0.3 is 10.5 Å². The van der Waals surface area contributed by atoms with Crippen molar-refractivity contribution in [3.8, 4) is 16.8 Å². The summed E-state index contributed by atoms with van der Waals surface area (Å²) in [6.07, 6.45) is 6.37. The lowest BCUT2D eigenvalue weighted by Crippen LogP contribution is -2.28. The number of ether oxygens (including phenoxy) is 1. The predicted molar refractivity (Wildman–Crippen MR) is 114 cm³/mol. The number of hydrogen-bond acceptors (Lipinski definition) is 5. The van der Waals surface area contributed by atoms with Crippen molar-refractivity contribution in [2.75, 3.05) is 5.73 Å². The normalized spacial score (nSPS) is 14.9.